The van der Waals surface area contributed by atoms with Crippen LogP contribution in [0.3, 0.4) is 0 Å². The molecule has 2 saturated heterocycles. The molecule has 0 aliphatic carbocycles. The summed E-state index contributed by atoms with van der Waals surface area (Å²) in [5.74, 6) is 0.736. The van der Waals surface area contributed by atoms with Crippen molar-refractivity contribution in [1.82, 2.24) is 4.90 Å². The fourth-order valence-electron chi connectivity index (χ4n) is 2.57. The summed E-state index contributed by atoms with van der Waals surface area (Å²) in [6.07, 6.45) is 1.74. The molecule has 0 bridgehead atoms. The topological polar surface area (TPSA) is 41.6 Å². The zero-order valence-corrected chi connectivity index (χ0v) is 11.9. The molecule has 2 fully saturated rings. The number of piperidine rings is 1. The van der Waals surface area contributed by atoms with Gasteiger partial charge >= 0.3 is 6.03 Å². The Balaban J connectivity index is 1.55. The number of amides is 2. The molecule has 1 spiro atoms. The molecule has 4 nitrogen and oxygen atoms in total. The number of hydrogen-bond donors (Lipinski definition) is 1. The predicted molar refractivity (Wildman–Crippen MR) is 77.4 cm³/mol. The van der Waals surface area contributed by atoms with Crippen molar-refractivity contribution in [2.24, 2.45) is 0 Å². The van der Waals surface area contributed by atoms with Gasteiger partial charge in [0.15, 0.2) is 0 Å². The minimum absolute atomic E-state index is 0.0628. The molecule has 0 saturated carbocycles. The maximum atomic E-state index is 12.8. The lowest BCUT2D eigenvalue weighted by molar-refractivity contribution is 0.0105. The molecule has 0 unspecified atom stereocenters. The lowest BCUT2D eigenvalue weighted by Gasteiger charge is -2.37. The molecule has 2 aliphatic heterocycles. The van der Waals surface area contributed by atoms with Crippen LogP contribution in [-0.2, 0) is 4.74 Å². The quantitative estimate of drug-likeness (QED) is 0.866. The van der Waals surface area contributed by atoms with E-state index >= 15 is 0 Å². The van der Waals surface area contributed by atoms with Crippen LogP contribution < -0.4 is 5.32 Å². The first-order valence-corrected chi connectivity index (χ1v) is 7.75. The van der Waals surface area contributed by atoms with Crippen molar-refractivity contribution in [3.63, 3.8) is 0 Å². The minimum Gasteiger partial charge on any atom is -0.363 e. The van der Waals surface area contributed by atoms with Gasteiger partial charge in [0.05, 0.1) is 6.61 Å². The monoisotopic (exact) mass is 296 g/mol. The molecule has 2 heterocycles. The highest BCUT2D eigenvalue weighted by molar-refractivity contribution is 8.00. The van der Waals surface area contributed by atoms with Gasteiger partial charge in [-0.3, -0.25) is 0 Å². The second-order valence-electron chi connectivity index (χ2n) is 5.03. The molecule has 1 aromatic carbocycles. The van der Waals surface area contributed by atoms with Crippen molar-refractivity contribution >= 4 is 23.5 Å². The van der Waals surface area contributed by atoms with Gasteiger partial charge in [-0.25, -0.2) is 9.18 Å². The summed E-state index contributed by atoms with van der Waals surface area (Å²) in [4.78, 5) is 13.9. The van der Waals surface area contributed by atoms with Gasteiger partial charge in [-0.1, -0.05) is 0 Å². The Bertz CT molecular complexity index is 478. The largest absolute Gasteiger partial charge is 0.363 e. The first kappa shape index (κ1) is 13.7. The molecule has 0 radical (unpaired) electrons. The van der Waals surface area contributed by atoms with E-state index in [-0.39, 0.29) is 16.8 Å². The lowest BCUT2D eigenvalue weighted by atomic mass is 10.1. The molecular formula is C14H17FN2O2S. The van der Waals surface area contributed by atoms with Crippen LogP contribution in [0.5, 0.6) is 0 Å². The number of hydrogen-bond acceptors (Lipinski definition) is 3. The number of nitrogens with zero attached hydrogens (tertiary/aromatic N) is 1. The van der Waals surface area contributed by atoms with Gasteiger partial charge in [0, 0.05) is 37.4 Å². The molecule has 20 heavy (non-hydrogen) atoms. The highest BCUT2D eigenvalue weighted by Crippen LogP contribution is 2.41. The summed E-state index contributed by atoms with van der Waals surface area (Å²) >= 11 is 1.86. The molecule has 0 aromatic heterocycles. The molecule has 108 valence electrons. The average Bonchev–Trinajstić information content (AvgIpc) is 2.90. The first-order valence-electron chi connectivity index (χ1n) is 6.76. The van der Waals surface area contributed by atoms with Crippen LogP contribution in [0.1, 0.15) is 12.8 Å². The Labute approximate surface area is 121 Å². The number of urea groups is 1. The minimum atomic E-state index is -0.307. The molecule has 1 aromatic rings. The standard InChI is InChI=1S/C14H17FN2O2S/c15-11-1-3-12(4-2-11)16-13(18)17-7-5-14(6-8-17)19-9-10-20-14/h1-4H,5-10H2,(H,16,18). The molecule has 2 aliphatic rings. The molecule has 1 N–H and O–H groups in total. The van der Waals surface area contributed by atoms with Crippen LogP contribution in [0, 0.1) is 5.82 Å². The molecule has 6 heteroatoms. The van der Waals surface area contributed by atoms with E-state index < -0.39 is 0 Å². The number of anilines is 1. The smallest absolute Gasteiger partial charge is 0.321 e. The van der Waals surface area contributed by atoms with E-state index in [9.17, 15) is 9.18 Å². The zero-order chi connectivity index (χ0) is 14.0. The van der Waals surface area contributed by atoms with E-state index in [1.165, 1.54) is 12.1 Å². The first-order chi connectivity index (χ1) is 9.67. The summed E-state index contributed by atoms with van der Waals surface area (Å²) in [6, 6.07) is 5.67. The lowest BCUT2D eigenvalue weighted by Crippen LogP contribution is -2.46. The number of ether oxygens (including phenoxy) is 1. The predicted octanol–water partition coefficient (Wildman–Crippen LogP) is 2.91. The Kier molecular flexibility index (Phi) is 3.85. The molecular weight excluding hydrogens is 279 g/mol. The van der Waals surface area contributed by atoms with Crippen molar-refractivity contribution in [1.29, 1.82) is 0 Å². The van der Waals surface area contributed by atoms with E-state index in [0.29, 0.717) is 18.8 Å². The second-order valence-corrected chi connectivity index (χ2v) is 6.47. The van der Waals surface area contributed by atoms with Crippen molar-refractivity contribution in [2.45, 2.75) is 17.8 Å². The van der Waals surface area contributed by atoms with Crippen LogP contribution in [0.2, 0.25) is 0 Å². The van der Waals surface area contributed by atoms with Crippen LogP contribution in [0.4, 0.5) is 14.9 Å². The van der Waals surface area contributed by atoms with Crippen molar-refractivity contribution in [3.05, 3.63) is 30.1 Å². The summed E-state index contributed by atoms with van der Waals surface area (Å²) < 4.78 is 18.6. The second kappa shape index (κ2) is 5.61. The SMILES string of the molecule is O=C(Nc1ccc(F)cc1)N1CCC2(CC1)OCCS2. The van der Waals surface area contributed by atoms with Gasteiger partial charge in [-0.2, -0.15) is 0 Å². The van der Waals surface area contributed by atoms with Crippen molar-refractivity contribution < 1.29 is 13.9 Å². The van der Waals surface area contributed by atoms with Crippen LogP contribution in [0.25, 0.3) is 0 Å². The number of halogens is 1. The maximum absolute atomic E-state index is 12.8. The summed E-state index contributed by atoms with van der Waals surface area (Å²) in [5.41, 5.74) is 0.614. The summed E-state index contributed by atoms with van der Waals surface area (Å²) in [5, 5.41) is 2.79. The van der Waals surface area contributed by atoms with Crippen molar-refractivity contribution in [3.8, 4) is 0 Å². The van der Waals surface area contributed by atoms with E-state index in [4.69, 9.17) is 4.74 Å². The third-order valence-electron chi connectivity index (χ3n) is 3.72. The van der Waals surface area contributed by atoms with Crippen LogP contribution in [-0.4, -0.2) is 41.3 Å². The van der Waals surface area contributed by atoms with Gasteiger partial charge in [-0.15, -0.1) is 11.8 Å². The van der Waals surface area contributed by atoms with E-state index in [2.05, 4.69) is 5.32 Å². The fourth-order valence-corrected chi connectivity index (χ4v) is 3.75. The molecule has 3 rings (SSSR count). The van der Waals surface area contributed by atoms with Gasteiger partial charge in [-0.05, 0) is 24.3 Å². The number of carbonyl (C=O) groups excluding carboxylic acids is 1. The Morgan fingerprint density at radius 1 is 1.30 bits per heavy atom. The highest BCUT2D eigenvalue weighted by Gasteiger charge is 2.40. The van der Waals surface area contributed by atoms with E-state index in [1.807, 2.05) is 11.8 Å². The summed E-state index contributed by atoms with van der Waals surface area (Å²) in [7, 11) is 0. The number of thioether (sulfide) groups is 1. The Hall–Kier alpha value is -1.27. The molecule has 0 atom stereocenters. The Morgan fingerprint density at radius 2 is 2.00 bits per heavy atom. The molecule has 2 amide bonds. The number of benzene rings is 1. The zero-order valence-electron chi connectivity index (χ0n) is 11.1. The number of rotatable bonds is 1. The van der Waals surface area contributed by atoms with Gasteiger partial charge in [0.1, 0.15) is 10.8 Å². The van der Waals surface area contributed by atoms with Crippen LogP contribution >= 0.6 is 11.8 Å². The fraction of sp³-hybridized carbons (Fsp3) is 0.500. The Morgan fingerprint density at radius 3 is 2.60 bits per heavy atom. The third kappa shape index (κ3) is 2.91. The number of nitrogens with one attached hydrogen (secondary N) is 1. The van der Waals surface area contributed by atoms with Crippen molar-refractivity contribution in [2.75, 3.05) is 30.8 Å². The highest BCUT2D eigenvalue weighted by atomic mass is 32.2. The number of carbonyl (C=O) groups is 1. The number of likely N-dealkylation sites (tertiary alicyclic amines) is 1. The van der Waals surface area contributed by atoms with Crippen LogP contribution in [0.15, 0.2) is 24.3 Å². The van der Waals surface area contributed by atoms with Gasteiger partial charge in [0.2, 0.25) is 0 Å². The van der Waals surface area contributed by atoms with Gasteiger partial charge in [0.25, 0.3) is 0 Å². The van der Waals surface area contributed by atoms with Gasteiger partial charge < -0.3 is 15.0 Å². The normalized spacial score (nSPS) is 21.1. The maximum Gasteiger partial charge on any atom is 0.321 e. The van der Waals surface area contributed by atoms with E-state index in [0.717, 1.165) is 25.2 Å². The van der Waals surface area contributed by atoms with E-state index in [1.54, 1.807) is 17.0 Å². The third-order valence-corrected chi connectivity index (χ3v) is 5.14. The average molecular weight is 296 g/mol. The summed E-state index contributed by atoms with van der Waals surface area (Å²) in [6.45, 7) is 2.20.